The van der Waals surface area contributed by atoms with Crippen molar-refractivity contribution in [2.75, 3.05) is 19.5 Å². The van der Waals surface area contributed by atoms with Crippen LogP contribution in [0, 0.1) is 23.1 Å². The molecule has 44 heavy (non-hydrogen) atoms. The summed E-state index contributed by atoms with van der Waals surface area (Å²) < 4.78 is 24.6. The Morgan fingerprint density at radius 2 is 1.52 bits per heavy atom. The second-order valence-corrected chi connectivity index (χ2v) is 10.3. The van der Waals surface area contributed by atoms with Gasteiger partial charge in [0.15, 0.2) is 17.3 Å². The van der Waals surface area contributed by atoms with Crippen LogP contribution in [0.25, 0.3) is 0 Å². The molecule has 0 radical (unpaired) electrons. The molecule has 0 bridgehead atoms. The number of Topliss-reactive ketones (excluding diaryl/α,β-unsaturated/α-hetero) is 1. The van der Waals surface area contributed by atoms with E-state index in [0.29, 0.717) is 33.8 Å². The third-order valence-electron chi connectivity index (χ3n) is 7.82. The SMILES string of the molecule is COc1ccc(C2C(C(=O)c3ccc(C#N)cc3)C(c3ccccc3)N(C(=O)Nc3ccc(F)cc3)C2C(N)=O)cc1OC. The molecule has 10 heteroatoms. The monoisotopic (exact) mass is 592 g/mol. The van der Waals surface area contributed by atoms with Gasteiger partial charge in [0.05, 0.1) is 37.8 Å². The molecule has 4 aromatic carbocycles. The first-order valence-electron chi connectivity index (χ1n) is 13.7. The molecule has 0 saturated carbocycles. The van der Waals surface area contributed by atoms with E-state index in [-0.39, 0.29) is 11.5 Å². The van der Waals surface area contributed by atoms with Crippen LogP contribution in [0.5, 0.6) is 11.5 Å². The van der Waals surface area contributed by atoms with Crippen LogP contribution in [0.1, 0.15) is 39.0 Å². The van der Waals surface area contributed by atoms with Gasteiger partial charge in [-0.15, -0.1) is 0 Å². The molecular weight excluding hydrogens is 563 g/mol. The standard InChI is InChI=1S/C34H29FN4O5/c1-43-26-17-12-23(18-27(26)44-2)28-29(32(40)22-10-8-20(19-36)9-11-22)30(21-6-4-3-5-7-21)39(31(28)33(37)41)34(42)38-25-15-13-24(35)14-16-25/h3-18,28-31H,1-2H3,(H2,37,41)(H,38,42). The summed E-state index contributed by atoms with van der Waals surface area (Å²) in [6.07, 6.45) is 0. The molecule has 1 aliphatic heterocycles. The molecule has 0 aromatic heterocycles. The zero-order chi connectivity index (χ0) is 31.4. The highest BCUT2D eigenvalue weighted by atomic mass is 19.1. The van der Waals surface area contributed by atoms with Gasteiger partial charge in [0.2, 0.25) is 5.91 Å². The van der Waals surface area contributed by atoms with Crippen LogP contribution in [0.2, 0.25) is 0 Å². The van der Waals surface area contributed by atoms with E-state index in [2.05, 4.69) is 5.32 Å². The third-order valence-corrected chi connectivity index (χ3v) is 7.82. The molecule has 222 valence electrons. The lowest BCUT2D eigenvalue weighted by molar-refractivity contribution is -0.122. The number of ether oxygens (including phenoxy) is 2. The maximum absolute atomic E-state index is 14.5. The lowest BCUT2D eigenvalue weighted by Crippen LogP contribution is -2.48. The number of anilines is 1. The van der Waals surface area contributed by atoms with Crippen LogP contribution in [-0.2, 0) is 4.79 Å². The first-order valence-corrected chi connectivity index (χ1v) is 13.7. The number of nitrogens with one attached hydrogen (secondary N) is 1. The highest BCUT2D eigenvalue weighted by Gasteiger charge is 2.57. The highest BCUT2D eigenvalue weighted by Crippen LogP contribution is 2.52. The normalized spacial score (nSPS) is 19.1. The molecule has 0 aliphatic carbocycles. The van der Waals surface area contributed by atoms with E-state index in [1.165, 1.54) is 55.5 Å². The fraction of sp³-hybridized carbons (Fsp3) is 0.176. The number of benzene rings is 4. The van der Waals surface area contributed by atoms with Crippen molar-refractivity contribution in [2.45, 2.75) is 18.0 Å². The summed E-state index contributed by atoms with van der Waals surface area (Å²) >= 11 is 0. The van der Waals surface area contributed by atoms with Gasteiger partial charge in [-0.1, -0.05) is 48.5 Å². The van der Waals surface area contributed by atoms with Crippen LogP contribution in [0.3, 0.4) is 0 Å². The van der Waals surface area contributed by atoms with Gasteiger partial charge in [0.1, 0.15) is 11.9 Å². The minimum Gasteiger partial charge on any atom is -0.493 e. The molecule has 0 spiro atoms. The number of carbonyl (C=O) groups is 3. The topological polar surface area (TPSA) is 135 Å². The van der Waals surface area contributed by atoms with Crippen LogP contribution in [0.15, 0.2) is 97.1 Å². The van der Waals surface area contributed by atoms with Crippen molar-refractivity contribution in [3.05, 3.63) is 125 Å². The van der Waals surface area contributed by atoms with E-state index < -0.39 is 41.7 Å². The summed E-state index contributed by atoms with van der Waals surface area (Å²) in [4.78, 5) is 43.3. The number of likely N-dealkylation sites (tertiary alicyclic amines) is 1. The number of halogens is 1. The number of nitrogens with zero attached hydrogens (tertiary/aromatic N) is 2. The molecule has 1 heterocycles. The fourth-order valence-electron chi connectivity index (χ4n) is 5.88. The van der Waals surface area contributed by atoms with Gasteiger partial charge in [-0.3, -0.25) is 9.59 Å². The van der Waals surface area contributed by atoms with Gasteiger partial charge in [-0.2, -0.15) is 5.26 Å². The number of rotatable bonds is 8. The summed E-state index contributed by atoms with van der Waals surface area (Å²) in [7, 11) is 2.96. The highest BCUT2D eigenvalue weighted by molar-refractivity contribution is 6.03. The Bertz CT molecular complexity index is 1720. The van der Waals surface area contributed by atoms with E-state index in [1.54, 1.807) is 60.7 Å². The number of amides is 3. The van der Waals surface area contributed by atoms with Gasteiger partial charge in [-0.05, 0) is 59.7 Å². The number of nitriles is 1. The van der Waals surface area contributed by atoms with Crippen molar-refractivity contribution in [1.29, 1.82) is 5.26 Å². The Balaban J connectivity index is 1.73. The zero-order valence-electron chi connectivity index (χ0n) is 23.9. The summed E-state index contributed by atoms with van der Waals surface area (Å²) in [5, 5.41) is 12.0. The van der Waals surface area contributed by atoms with Crippen molar-refractivity contribution in [3.8, 4) is 17.6 Å². The van der Waals surface area contributed by atoms with Crippen molar-refractivity contribution in [1.82, 2.24) is 4.90 Å². The summed E-state index contributed by atoms with van der Waals surface area (Å²) in [6.45, 7) is 0. The van der Waals surface area contributed by atoms with Crippen LogP contribution < -0.4 is 20.5 Å². The maximum Gasteiger partial charge on any atom is 0.323 e. The molecule has 1 fully saturated rings. The number of hydrogen-bond acceptors (Lipinski definition) is 6. The Morgan fingerprint density at radius 3 is 2.11 bits per heavy atom. The van der Waals surface area contributed by atoms with Crippen LogP contribution in [-0.4, -0.2) is 42.9 Å². The van der Waals surface area contributed by atoms with Crippen LogP contribution in [0.4, 0.5) is 14.9 Å². The van der Waals surface area contributed by atoms with Crippen molar-refractivity contribution in [3.63, 3.8) is 0 Å². The zero-order valence-corrected chi connectivity index (χ0v) is 23.9. The average Bonchev–Trinajstić information content (AvgIpc) is 3.42. The molecule has 4 aromatic rings. The number of nitrogens with two attached hydrogens (primary N) is 1. The predicted molar refractivity (Wildman–Crippen MR) is 161 cm³/mol. The Hall–Kier alpha value is -5.69. The molecule has 4 unspecified atom stereocenters. The second kappa shape index (κ2) is 12.7. The van der Waals surface area contributed by atoms with E-state index in [1.807, 2.05) is 6.07 Å². The average molecular weight is 593 g/mol. The van der Waals surface area contributed by atoms with E-state index in [4.69, 9.17) is 15.2 Å². The first-order chi connectivity index (χ1) is 21.3. The maximum atomic E-state index is 14.5. The molecule has 3 amide bonds. The molecule has 4 atom stereocenters. The third kappa shape index (κ3) is 5.68. The van der Waals surface area contributed by atoms with E-state index in [0.717, 1.165) is 0 Å². The molecule has 5 rings (SSSR count). The number of methoxy groups -OCH3 is 2. The number of primary amides is 1. The number of ketones is 1. The van der Waals surface area contributed by atoms with Gasteiger partial charge in [0, 0.05) is 17.2 Å². The van der Waals surface area contributed by atoms with Crippen LogP contribution >= 0.6 is 0 Å². The fourth-order valence-corrected chi connectivity index (χ4v) is 5.88. The summed E-state index contributed by atoms with van der Waals surface area (Å²) in [5.74, 6) is -2.78. The van der Waals surface area contributed by atoms with Gasteiger partial charge in [-0.25, -0.2) is 9.18 Å². The molecule has 1 aliphatic rings. The smallest absolute Gasteiger partial charge is 0.323 e. The lowest BCUT2D eigenvalue weighted by Gasteiger charge is -2.31. The predicted octanol–water partition coefficient (Wildman–Crippen LogP) is 5.44. The lowest BCUT2D eigenvalue weighted by atomic mass is 9.76. The molecular formula is C34H29FN4O5. The minimum absolute atomic E-state index is 0.288. The molecule has 9 nitrogen and oxygen atoms in total. The minimum atomic E-state index is -1.29. The van der Waals surface area contributed by atoms with E-state index >= 15 is 0 Å². The van der Waals surface area contributed by atoms with Gasteiger partial charge >= 0.3 is 6.03 Å². The second-order valence-electron chi connectivity index (χ2n) is 10.3. The Morgan fingerprint density at radius 1 is 0.864 bits per heavy atom. The largest absolute Gasteiger partial charge is 0.493 e. The summed E-state index contributed by atoms with van der Waals surface area (Å²) in [5.41, 5.74) is 8.14. The van der Waals surface area contributed by atoms with Crippen molar-refractivity contribution < 1.29 is 28.2 Å². The van der Waals surface area contributed by atoms with Crippen molar-refractivity contribution in [2.24, 2.45) is 11.7 Å². The number of urea groups is 1. The number of carbonyl (C=O) groups excluding carboxylic acids is 3. The molecule has 3 N–H and O–H groups in total. The Kier molecular flexibility index (Phi) is 8.58. The summed E-state index contributed by atoms with van der Waals surface area (Å²) in [6, 6.07) is 24.4. The quantitative estimate of drug-likeness (QED) is 0.262. The first kappa shape index (κ1) is 29.8. The van der Waals surface area contributed by atoms with Gasteiger partial charge in [0.25, 0.3) is 0 Å². The number of hydrogen-bond donors (Lipinski definition) is 2. The van der Waals surface area contributed by atoms with E-state index in [9.17, 15) is 24.0 Å². The van der Waals surface area contributed by atoms with Gasteiger partial charge < -0.3 is 25.4 Å². The Labute approximate surface area is 253 Å². The van der Waals surface area contributed by atoms with Crippen molar-refractivity contribution >= 4 is 23.4 Å². The molecule has 1 saturated heterocycles.